The Labute approximate surface area is 167 Å². The van der Waals surface area contributed by atoms with Crippen LogP contribution in [0.15, 0.2) is 15.8 Å². The van der Waals surface area contributed by atoms with Gasteiger partial charge >= 0.3 is 12.4 Å². The van der Waals surface area contributed by atoms with Crippen molar-refractivity contribution in [2.45, 2.75) is 39.1 Å². The summed E-state index contributed by atoms with van der Waals surface area (Å²) in [6, 6.07) is 0.221. The van der Waals surface area contributed by atoms with Gasteiger partial charge in [0.05, 0.1) is 12.7 Å². The highest BCUT2D eigenvalue weighted by molar-refractivity contribution is 8.93. The summed E-state index contributed by atoms with van der Waals surface area (Å²) in [7, 11) is 4.20. The third-order valence-corrected chi connectivity index (χ3v) is 9.82. The molecule has 1 saturated heterocycles. The molecule has 0 bridgehead atoms. The van der Waals surface area contributed by atoms with Gasteiger partial charge in [-0.15, -0.1) is 11.7 Å². The molecule has 2 heterocycles. The molecule has 154 valence electrons. The van der Waals surface area contributed by atoms with Crippen molar-refractivity contribution < 1.29 is 13.8 Å². The Morgan fingerprint density at radius 1 is 1.44 bits per heavy atom. The van der Waals surface area contributed by atoms with Crippen LogP contribution in [0.3, 0.4) is 0 Å². The summed E-state index contributed by atoms with van der Waals surface area (Å²) in [4.78, 5) is 28.3. The second-order valence-electron chi connectivity index (χ2n) is 6.93. The number of aryl methyl sites for hydroxylation is 1. The van der Waals surface area contributed by atoms with Crippen LogP contribution in [0.1, 0.15) is 25.6 Å². The fourth-order valence-corrected chi connectivity index (χ4v) is 5.98. The summed E-state index contributed by atoms with van der Waals surface area (Å²) >= 11 is 4.05. The van der Waals surface area contributed by atoms with Crippen molar-refractivity contribution in [3.05, 3.63) is 32.6 Å². The van der Waals surface area contributed by atoms with Gasteiger partial charge in [-0.25, -0.2) is 9.46 Å². The van der Waals surface area contributed by atoms with Gasteiger partial charge in [0.1, 0.15) is 0 Å². The Bertz CT molecular complexity index is 812. The van der Waals surface area contributed by atoms with Gasteiger partial charge < -0.3 is 9.26 Å². The first-order valence-electron chi connectivity index (χ1n) is 8.54. The maximum absolute atomic E-state index is 12.7. The standard InChI is InChI=1S/C15H27N4O5PS2/c1-10(2)18-7-12(9-23-25(22,27-26)17(4)5)24-13(8-18)19-6-11(3)14(20)16-15(19)21/h6,10,12-13,26H,7-9H2,1-5H3,(H,16,20,21)/t12-,13+,25?/m0/s1. The third kappa shape index (κ3) is 5.50. The molecule has 0 radical (unpaired) electrons. The van der Waals surface area contributed by atoms with E-state index in [-0.39, 0.29) is 18.8 Å². The number of ether oxygens (including phenoxy) is 1. The molecule has 12 heteroatoms. The van der Waals surface area contributed by atoms with Gasteiger partial charge in [-0.3, -0.25) is 23.8 Å². The van der Waals surface area contributed by atoms with Crippen LogP contribution in [0, 0.1) is 6.92 Å². The van der Waals surface area contributed by atoms with Gasteiger partial charge in [-0.1, -0.05) is 0 Å². The van der Waals surface area contributed by atoms with Crippen molar-refractivity contribution in [1.29, 1.82) is 0 Å². The zero-order valence-corrected chi connectivity index (χ0v) is 18.7. The molecule has 0 aliphatic carbocycles. The van der Waals surface area contributed by atoms with Gasteiger partial charge in [0.25, 0.3) is 5.56 Å². The smallest absolute Gasteiger partial charge is 0.338 e. The Morgan fingerprint density at radius 2 is 2.11 bits per heavy atom. The van der Waals surface area contributed by atoms with Gasteiger partial charge in [-0.2, -0.15) is 0 Å². The SMILES string of the molecule is Cc1cn([C@H]2CN(C(C)C)C[C@@H](COP(=O)(SS)N(C)C)O2)c(=O)[nH]c1=O. The van der Waals surface area contributed by atoms with E-state index in [4.69, 9.17) is 9.26 Å². The zero-order chi connectivity index (χ0) is 20.4. The minimum Gasteiger partial charge on any atom is -0.350 e. The van der Waals surface area contributed by atoms with Crippen LogP contribution < -0.4 is 11.2 Å². The molecule has 1 N–H and O–H groups in total. The lowest BCUT2D eigenvalue weighted by Gasteiger charge is -2.40. The monoisotopic (exact) mass is 438 g/mol. The van der Waals surface area contributed by atoms with Crippen LogP contribution in [0.25, 0.3) is 0 Å². The fraction of sp³-hybridized carbons (Fsp3) is 0.733. The van der Waals surface area contributed by atoms with E-state index < -0.39 is 24.2 Å². The van der Waals surface area contributed by atoms with Crippen molar-refractivity contribution in [3.8, 4) is 0 Å². The molecule has 0 saturated carbocycles. The number of aromatic nitrogens is 2. The van der Waals surface area contributed by atoms with Crippen LogP contribution in [0.2, 0.25) is 0 Å². The minimum absolute atomic E-state index is 0.0970. The highest BCUT2D eigenvalue weighted by Gasteiger charge is 2.34. The lowest BCUT2D eigenvalue weighted by atomic mass is 10.2. The second kappa shape index (κ2) is 9.30. The number of rotatable bonds is 7. The Balaban J connectivity index is 2.23. The van der Waals surface area contributed by atoms with Gasteiger partial charge in [0.2, 0.25) is 0 Å². The van der Waals surface area contributed by atoms with E-state index in [0.29, 0.717) is 18.7 Å². The highest BCUT2D eigenvalue weighted by atomic mass is 33.3. The van der Waals surface area contributed by atoms with E-state index in [1.807, 2.05) is 0 Å². The topological polar surface area (TPSA) is 96.9 Å². The minimum atomic E-state index is -3.10. The first-order valence-corrected chi connectivity index (χ1v) is 12.6. The summed E-state index contributed by atoms with van der Waals surface area (Å²) in [5.74, 6) is 0. The molecule has 27 heavy (non-hydrogen) atoms. The van der Waals surface area contributed by atoms with E-state index in [1.165, 1.54) is 15.4 Å². The van der Waals surface area contributed by atoms with Crippen LogP contribution in [0.5, 0.6) is 0 Å². The maximum Gasteiger partial charge on any atom is 0.338 e. The number of nitrogens with zero attached hydrogens (tertiary/aromatic N) is 3. The largest absolute Gasteiger partial charge is 0.350 e. The molecule has 1 aromatic heterocycles. The number of aromatic amines is 1. The number of thiol groups is 1. The average molecular weight is 439 g/mol. The Morgan fingerprint density at radius 3 is 2.67 bits per heavy atom. The molecule has 9 nitrogen and oxygen atoms in total. The van der Waals surface area contributed by atoms with Crippen LogP contribution in [0.4, 0.5) is 0 Å². The number of nitrogens with one attached hydrogen (secondary N) is 1. The molecule has 3 atom stereocenters. The van der Waals surface area contributed by atoms with Crippen LogP contribution in [-0.4, -0.2) is 65.1 Å². The molecule has 1 aliphatic rings. The number of hydrogen-bond donors (Lipinski definition) is 2. The molecule has 1 aliphatic heterocycles. The van der Waals surface area contributed by atoms with Crippen molar-refractivity contribution in [2.75, 3.05) is 33.8 Å². The normalized spacial score (nSPS) is 23.7. The summed E-state index contributed by atoms with van der Waals surface area (Å²) in [6.07, 6.45) is 0.529. The number of H-pyrrole nitrogens is 1. The van der Waals surface area contributed by atoms with Crippen molar-refractivity contribution in [3.63, 3.8) is 0 Å². The molecule has 0 aromatic carbocycles. The van der Waals surface area contributed by atoms with Crippen molar-refractivity contribution in [1.82, 2.24) is 19.1 Å². The third-order valence-electron chi connectivity index (χ3n) is 4.38. The summed E-state index contributed by atoms with van der Waals surface area (Å²) < 4.78 is 27.2. The number of hydrogen-bond acceptors (Lipinski definition) is 8. The maximum atomic E-state index is 12.7. The van der Waals surface area contributed by atoms with E-state index >= 15 is 0 Å². The van der Waals surface area contributed by atoms with E-state index in [0.717, 1.165) is 10.4 Å². The Hall–Kier alpha value is -0.550. The highest BCUT2D eigenvalue weighted by Crippen LogP contribution is 2.62. The van der Waals surface area contributed by atoms with Crippen LogP contribution >= 0.6 is 28.8 Å². The number of morpholine rings is 1. The Kier molecular flexibility index (Phi) is 7.83. The zero-order valence-electron chi connectivity index (χ0n) is 16.1. The molecule has 2 rings (SSSR count). The fourth-order valence-electron chi connectivity index (χ4n) is 2.70. The molecule has 0 amide bonds. The van der Waals surface area contributed by atoms with Gasteiger partial charge in [0, 0.05) is 41.3 Å². The van der Waals surface area contributed by atoms with E-state index in [1.54, 1.807) is 21.0 Å². The average Bonchev–Trinajstić information content (AvgIpc) is 2.62. The molecule has 0 spiro atoms. The van der Waals surface area contributed by atoms with E-state index in [2.05, 4.69) is 35.4 Å². The summed E-state index contributed by atoms with van der Waals surface area (Å²) in [5, 5.41) is 0. The first kappa shape index (κ1) is 22.7. The first-order chi connectivity index (χ1) is 12.6. The molecular weight excluding hydrogens is 411 g/mol. The summed E-state index contributed by atoms with van der Waals surface area (Å²) in [5.41, 5.74) is -0.507. The lowest BCUT2D eigenvalue weighted by Crippen LogP contribution is -2.51. The van der Waals surface area contributed by atoms with E-state index in [9.17, 15) is 14.2 Å². The molecule has 1 unspecified atom stereocenters. The summed E-state index contributed by atoms with van der Waals surface area (Å²) in [6.45, 7) is 3.81. The lowest BCUT2D eigenvalue weighted by molar-refractivity contribution is -0.139. The molecular formula is C15H27N4O5PS2. The predicted molar refractivity (Wildman–Crippen MR) is 111 cm³/mol. The van der Waals surface area contributed by atoms with Gasteiger partial charge in [-0.05, 0) is 34.9 Å². The van der Waals surface area contributed by atoms with Crippen molar-refractivity contribution >= 4 is 28.8 Å². The molecule has 1 fully saturated rings. The van der Waals surface area contributed by atoms with Crippen molar-refractivity contribution in [2.24, 2.45) is 0 Å². The van der Waals surface area contributed by atoms with Gasteiger partial charge in [0.15, 0.2) is 6.23 Å². The quantitative estimate of drug-likeness (QED) is 0.377. The van der Waals surface area contributed by atoms with Crippen LogP contribution in [-0.2, 0) is 13.8 Å². The predicted octanol–water partition coefficient (Wildman–Crippen LogP) is 1.72. The second-order valence-corrected chi connectivity index (χ2v) is 12.4. The molecule has 1 aromatic rings.